The molecule has 5 rings (SSSR count). The quantitative estimate of drug-likeness (QED) is 0.354. The van der Waals surface area contributed by atoms with Gasteiger partial charge in [-0.1, -0.05) is 76.2 Å². The van der Waals surface area contributed by atoms with E-state index in [0.29, 0.717) is 11.8 Å². The average molecular weight is 397 g/mol. The molecular formula is C27H28N2O. The first-order valence-corrected chi connectivity index (χ1v) is 10.8. The van der Waals surface area contributed by atoms with Gasteiger partial charge in [-0.3, -0.25) is 0 Å². The monoisotopic (exact) mass is 396 g/mol. The van der Waals surface area contributed by atoms with Crippen LogP contribution >= 0.6 is 0 Å². The lowest BCUT2D eigenvalue weighted by Crippen LogP contribution is -2.26. The van der Waals surface area contributed by atoms with E-state index in [4.69, 9.17) is 4.42 Å². The highest BCUT2D eigenvalue weighted by atomic mass is 16.3. The Kier molecular flexibility index (Phi) is 4.54. The molecule has 0 saturated heterocycles. The van der Waals surface area contributed by atoms with Crippen LogP contribution in [0, 0.1) is 0 Å². The molecule has 30 heavy (non-hydrogen) atoms. The summed E-state index contributed by atoms with van der Waals surface area (Å²) < 4.78 is 6.27. The number of anilines is 2. The predicted octanol–water partition coefficient (Wildman–Crippen LogP) is 7.59. The zero-order valence-electron chi connectivity index (χ0n) is 18.1. The number of hydrogen-bond donors (Lipinski definition) is 0. The van der Waals surface area contributed by atoms with Gasteiger partial charge in [0, 0.05) is 28.9 Å². The minimum absolute atomic E-state index is 0.472. The number of nitrogens with zero attached hydrogens (tertiary/aromatic N) is 2. The average Bonchev–Trinajstić information content (AvgIpc) is 3.38. The molecule has 0 unspecified atom stereocenters. The second-order valence-electron chi connectivity index (χ2n) is 8.73. The third kappa shape index (κ3) is 2.97. The highest BCUT2D eigenvalue weighted by Gasteiger charge is 2.24. The van der Waals surface area contributed by atoms with Crippen molar-refractivity contribution in [2.75, 3.05) is 16.5 Å². The number of rotatable bonds is 4. The van der Waals surface area contributed by atoms with Crippen LogP contribution in [0.2, 0.25) is 0 Å². The van der Waals surface area contributed by atoms with Gasteiger partial charge in [-0.25, -0.2) is 0 Å². The van der Waals surface area contributed by atoms with Crippen molar-refractivity contribution in [3.63, 3.8) is 0 Å². The van der Waals surface area contributed by atoms with Crippen LogP contribution in [0.25, 0.3) is 21.9 Å². The summed E-state index contributed by atoms with van der Waals surface area (Å²) in [6, 6.07) is 21.4. The molecule has 0 atom stereocenters. The summed E-state index contributed by atoms with van der Waals surface area (Å²) in [6.07, 6.45) is 4.37. The summed E-state index contributed by atoms with van der Waals surface area (Å²) in [7, 11) is 0. The van der Waals surface area contributed by atoms with Crippen LogP contribution in [0.4, 0.5) is 11.4 Å². The molecule has 0 N–H and O–H groups in total. The minimum Gasteiger partial charge on any atom is -0.454 e. The van der Waals surface area contributed by atoms with Crippen molar-refractivity contribution >= 4 is 33.3 Å². The van der Waals surface area contributed by atoms with Crippen LogP contribution < -0.4 is 9.80 Å². The van der Waals surface area contributed by atoms with Crippen molar-refractivity contribution in [3.8, 4) is 0 Å². The topological polar surface area (TPSA) is 19.6 Å². The van der Waals surface area contributed by atoms with Gasteiger partial charge >= 0.3 is 0 Å². The molecule has 3 aromatic carbocycles. The van der Waals surface area contributed by atoms with Gasteiger partial charge < -0.3 is 14.2 Å². The summed E-state index contributed by atoms with van der Waals surface area (Å²) >= 11 is 0. The molecule has 0 spiro atoms. The van der Waals surface area contributed by atoms with Crippen LogP contribution in [0.1, 0.15) is 50.7 Å². The Labute approximate surface area is 178 Å². The van der Waals surface area contributed by atoms with E-state index in [9.17, 15) is 0 Å². The van der Waals surface area contributed by atoms with E-state index < -0.39 is 0 Å². The van der Waals surface area contributed by atoms with Gasteiger partial charge in [0.05, 0.1) is 12.4 Å². The summed E-state index contributed by atoms with van der Waals surface area (Å²) in [5, 5.41) is 2.34. The lowest BCUT2D eigenvalue weighted by Gasteiger charge is -2.28. The van der Waals surface area contributed by atoms with E-state index in [-0.39, 0.29) is 0 Å². The fraction of sp³-hybridized carbons (Fsp3) is 0.259. The molecule has 4 aromatic rings. The van der Waals surface area contributed by atoms with Crippen molar-refractivity contribution in [3.05, 3.63) is 84.2 Å². The molecule has 2 heterocycles. The molecule has 1 aromatic heterocycles. The summed E-state index contributed by atoms with van der Waals surface area (Å²) in [5.41, 5.74) is 7.14. The first kappa shape index (κ1) is 18.8. The molecule has 152 valence electrons. The maximum atomic E-state index is 6.27. The first-order chi connectivity index (χ1) is 14.5. The molecule has 0 fully saturated rings. The largest absolute Gasteiger partial charge is 0.454 e. The van der Waals surface area contributed by atoms with Gasteiger partial charge in [-0.05, 0) is 35.1 Å². The fourth-order valence-electron chi connectivity index (χ4n) is 4.52. The van der Waals surface area contributed by atoms with E-state index in [1.807, 2.05) is 12.1 Å². The second kappa shape index (κ2) is 7.24. The second-order valence-corrected chi connectivity index (χ2v) is 8.73. The van der Waals surface area contributed by atoms with E-state index in [2.05, 4.69) is 98.4 Å². The normalized spacial score (nSPS) is 14.2. The van der Waals surface area contributed by atoms with Crippen molar-refractivity contribution in [2.45, 2.75) is 39.5 Å². The molecule has 1 aliphatic heterocycles. The molecule has 0 bridgehead atoms. The lowest BCUT2D eigenvalue weighted by molar-refractivity contribution is 0.668. The summed E-state index contributed by atoms with van der Waals surface area (Å²) in [5.74, 6) is 0.944. The summed E-state index contributed by atoms with van der Waals surface area (Å²) in [4.78, 5) is 4.66. The standard InChI is InChI=1S/C27H28N2O/c1-18(2)20-10-7-11-21(19(3)4)26(20)29-16-15-28(17-29)24-13-8-12-23-22-9-5-6-14-25(22)30-27(23)24/h5-16,18-19H,17H2,1-4H3. The van der Waals surface area contributed by atoms with E-state index in [0.717, 1.165) is 23.5 Å². The number of para-hydroxylation sites is 3. The zero-order chi connectivity index (χ0) is 20.8. The first-order valence-electron chi connectivity index (χ1n) is 10.8. The number of hydrogen-bond acceptors (Lipinski definition) is 3. The molecule has 0 amide bonds. The summed E-state index contributed by atoms with van der Waals surface area (Å²) in [6.45, 7) is 9.87. The van der Waals surface area contributed by atoms with Gasteiger partial charge in [0.15, 0.2) is 5.58 Å². The Morgan fingerprint density at radius 3 is 2.07 bits per heavy atom. The van der Waals surface area contributed by atoms with Gasteiger partial charge in [-0.2, -0.15) is 0 Å². The molecule has 0 saturated carbocycles. The van der Waals surface area contributed by atoms with E-state index in [1.165, 1.54) is 27.6 Å². The molecule has 3 heteroatoms. The third-order valence-electron chi connectivity index (χ3n) is 6.05. The van der Waals surface area contributed by atoms with Gasteiger partial charge in [-0.15, -0.1) is 0 Å². The number of fused-ring (bicyclic) bond motifs is 3. The van der Waals surface area contributed by atoms with Crippen molar-refractivity contribution < 1.29 is 4.42 Å². The molecule has 0 radical (unpaired) electrons. The van der Waals surface area contributed by atoms with Crippen molar-refractivity contribution in [1.29, 1.82) is 0 Å². The SMILES string of the molecule is CC(C)c1cccc(C(C)C)c1N1C=CN(c2cccc3c2oc2ccccc23)C1. The number of furan rings is 1. The Morgan fingerprint density at radius 2 is 1.33 bits per heavy atom. The van der Waals surface area contributed by atoms with E-state index in [1.54, 1.807) is 0 Å². The van der Waals surface area contributed by atoms with Crippen LogP contribution in [0.5, 0.6) is 0 Å². The fourth-order valence-corrected chi connectivity index (χ4v) is 4.52. The molecule has 0 aliphatic carbocycles. The van der Waals surface area contributed by atoms with Crippen molar-refractivity contribution in [2.24, 2.45) is 0 Å². The Hall–Kier alpha value is -3.20. The van der Waals surface area contributed by atoms with Crippen LogP contribution in [0.15, 0.2) is 77.5 Å². The maximum Gasteiger partial charge on any atom is 0.159 e. The third-order valence-corrected chi connectivity index (χ3v) is 6.05. The van der Waals surface area contributed by atoms with Crippen LogP contribution in [0.3, 0.4) is 0 Å². The zero-order valence-corrected chi connectivity index (χ0v) is 18.1. The molecular weight excluding hydrogens is 368 g/mol. The minimum atomic E-state index is 0.472. The van der Waals surface area contributed by atoms with Gasteiger partial charge in [0.1, 0.15) is 5.58 Å². The van der Waals surface area contributed by atoms with E-state index >= 15 is 0 Å². The Bertz CT molecular complexity index is 1220. The highest BCUT2D eigenvalue weighted by Crippen LogP contribution is 2.40. The highest BCUT2D eigenvalue weighted by molar-refractivity contribution is 6.09. The maximum absolute atomic E-state index is 6.27. The number of benzene rings is 3. The Balaban J connectivity index is 1.56. The van der Waals surface area contributed by atoms with Crippen LogP contribution in [-0.4, -0.2) is 6.67 Å². The van der Waals surface area contributed by atoms with Crippen LogP contribution in [-0.2, 0) is 0 Å². The predicted molar refractivity (Wildman–Crippen MR) is 127 cm³/mol. The van der Waals surface area contributed by atoms with Gasteiger partial charge in [0.2, 0.25) is 0 Å². The lowest BCUT2D eigenvalue weighted by atomic mass is 9.92. The smallest absolute Gasteiger partial charge is 0.159 e. The molecule has 1 aliphatic rings. The Morgan fingerprint density at radius 1 is 0.700 bits per heavy atom. The molecule has 3 nitrogen and oxygen atoms in total. The van der Waals surface area contributed by atoms with Gasteiger partial charge in [0.25, 0.3) is 0 Å². The van der Waals surface area contributed by atoms with Crippen molar-refractivity contribution in [1.82, 2.24) is 0 Å².